The van der Waals surface area contributed by atoms with Gasteiger partial charge in [-0.25, -0.2) is 0 Å². The maximum Gasteiger partial charge on any atom is 0.120 e. The van der Waals surface area contributed by atoms with E-state index in [1.54, 1.807) is 6.07 Å². The average molecular weight is 282 g/mol. The Bertz CT molecular complexity index is 716. The Labute approximate surface area is 126 Å². The minimum absolute atomic E-state index is 0.000949. The van der Waals surface area contributed by atoms with Crippen LogP contribution < -0.4 is 0 Å². The van der Waals surface area contributed by atoms with Crippen molar-refractivity contribution in [3.8, 4) is 11.5 Å². The number of fused-ring (bicyclic) bond motifs is 1. The Morgan fingerprint density at radius 1 is 1.00 bits per heavy atom. The van der Waals surface area contributed by atoms with E-state index in [0.717, 1.165) is 23.1 Å². The number of rotatable bonds is 1. The van der Waals surface area contributed by atoms with E-state index in [0.29, 0.717) is 5.75 Å². The standard InChI is InChI=1S/C19H22O2/c1-12-8-15-17(16(21)9-12)19(4,11-18(15,2)3)13-6-5-7-14(20)10-13/h5-10,20-21H,11H2,1-4H3. The molecule has 0 heterocycles. The van der Waals surface area contributed by atoms with E-state index in [-0.39, 0.29) is 16.6 Å². The first kappa shape index (κ1) is 14.0. The smallest absolute Gasteiger partial charge is 0.120 e. The van der Waals surface area contributed by atoms with Gasteiger partial charge in [-0.3, -0.25) is 0 Å². The van der Waals surface area contributed by atoms with Gasteiger partial charge in [-0.1, -0.05) is 39.0 Å². The van der Waals surface area contributed by atoms with Crippen molar-refractivity contribution >= 4 is 0 Å². The fourth-order valence-corrected chi connectivity index (χ4v) is 4.04. The van der Waals surface area contributed by atoms with Gasteiger partial charge < -0.3 is 10.2 Å². The molecule has 2 N–H and O–H groups in total. The highest BCUT2D eigenvalue weighted by Gasteiger charge is 2.47. The molecule has 0 fully saturated rings. The Morgan fingerprint density at radius 3 is 2.38 bits per heavy atom. The predicted molar refractivity (Wildman–Crippen MR) is 85.0 cm³/mol. The zero-order valence-electron chi connectivity index (χ0n) is 13.1. The van der Waals surface area contributed by atoms with Gasteiger partial charge in [0.25, 0.3) is 0 Å². The molecule has 1 aliphatic rings. The molecule has 3 rings (SSSR count). The summed E-state index contributed by atoms with van der Waals surface area (Å²) >= 11 is 0. The third-order valence-electron chi connectivity index (χ3n) is 4.82. The second-order valence-corrected chi connectivity index (χ2v) is 7.15. The maximum atomic E-state index is 10.5. The van der Waals surface area contributed by atoms with Crippen LogP contribution in [0.15, 0.2) is 36.4 Å². The van der Waals surface area contributed by atoms with E-state index in [1.165, 1.54) is 5.56 Å². The van der Waals surface area contributed by atoms with Crippen LogP contribution >= 0.6 is 0 Å². The van der Waals surface area contributed by atoms with Crippen LogP contribution in [0.4, 0.5) is 0 Å². The second-order valence-electron chi connectivity index (χ2n) is 7.15. The fourth-order valence-electron chi connectivity index (χ4n) is 4.04. The quantitative estimate of drug-likeness (QED) is 0.814. The van der Waals surface area contributed by atoms with Gasteiger partial charge in [0.2, 0.25) is 0 Å². The summed E-state index contributed by atoms with van der Waals surface area (Å²) < 4.78 is 0. The predicted octanol–water partition coefficient (Wildman–Crippen LogP) is 4.39. The average Bonchev–Trinajstić information content (AvgIpc) is 2.57. The van der Waals surface area contributed by atoms with Gasteiger partial charge >= 0.3 is 0 Å². The molecule has 1 aliphatic carbocycles. The third kappa shape index (κ3) is 2.01. The lowest BCUT2D eigenvalue weighted by atomic mass is 9.75. The lowest BCUT2D eigenvalue weighted by molar-refractivity contribution is 0.409. The third-order valence-corrected chi connectivity index (χ3v) is 4.82. The zero-order chi connectivity index (χ0) is 15.4. The highest BCUT2D eigenvalue weighted by Crippen LogP contribution is 2.56. The highest BCUT2D eigenvalue weighted by molar-refractivity contribution is 5.59. The highest BCUT2D eigenvalue weighted by atomic mass is 16.3. The number of aryl methyl sites for hydroxylation is 1. The summed E-state index contributed by atoms with van der Waals surface area (Å²) in [5, 5.41) is 20.4. The molecule has 0 bridgehead atoms. The van der Waals surface area contributed by atoms with Crippen molar-refractivity contribution in [3.05, 3.63) is 58.7 Å². The summed E-state index contributed by atoms with van der Waals surface area (Å²) in [4.78, 5) is 0. The van der Waals surface area contributed by atoms with E-state index < -0.39 is 0 Å². The van der Waals surface area contributed by atoms with Gasteiger partial charge in [-0.05, 0) is 53.6 Å². The maximum absolute atomic E-state index is 10.5. The van der Waals surface area contributed by atoms with Crippen LogP contribution in [0.1, 0.15) is 49.4 Å². The number of phenols is 2. The molecule has 0 spiro atoms. The molecule has 0 saturated heterocycles. The first-order valence-corrected chi connectivity index (χ1v) is 7.38. The number of hydrogen-bond acceptors (Lipinski definition) is 2. The molecule has 21 heavy (non-hydrogen) atoms. The van der Waals surface area contributed by atoms with Crippen LogP contribution in [-0.4, -0.2) is 10.2 Å². The van der Waals surface area contributed by atoms with Crippen molar-refractivity contribution in [2.45, 2.75) is 44.9 Å². The summed E-state index contributed by atoms with van der Waals surface area (Å²) in [6.07, 6.45) is 0.912. The number of benzene rings is 2. The summed E-state index contributed by atoms with van der Waals surface area (Å²) in [6.45, 7) is 8.61. The van der Waals surface area contributed by atoms with Gasteiger partial charge in [0.15, 0.2) is 0 Å². The van der Waals surface area contributed by atoms with Crippen molar-refractivity contribution in [1.29, 1.82) is 0 Å². The fraction of sp³-hybridized carbons (Fsp3) is 0.368. The molecule has 2 aromatic rings. The summed E-state index contributed by atoms with van der Waals surface area (Å²) in [5.41, 5.74) is 4.07. The van der Waals surface area contributed by atoms with Crippen LogP contribution in [0.3, 0.4) is 0 Å². The van der Waals surface area contributed by atoms with Crippen molar-refractivity contribution in [2.24, 2.45) is 0 Å². The largest absolute Gasteiger partial charge is 0.508 e. The minimum atomic E-state index is -0.282. The first-order chi connectivity index (χ1) is 9.74. The van der Waals surface area contributed by atoms with Crippen LogP contribution in [-0.2, 0) is 10.8 Å². The molecule has 2 heteroatoms. The van der Waals surface area contributed by atoms with Crippen molar-refractivity contribution in [2.75, 3.05) is 0 Å². The zero-order valence-corrected chi connectivity index (χ0v) is 13.1. The van der Waals surface area contributed by atoms with Gasteiger partial charge in [0, 0.05) is 11.0 Å². The molecule has 1 unspecified atom stereocenters. The van der Waals surface area contributed by atoms with Crippen LogP contribution in [0.2, 0.25) is 0 Å². The van der Waals surface area contributed by atoms with E-state index >= 15 is 0 Å². The monoisotopic (exact) mass is 282 g/mol. The number of phenolic OH excluding ortho intramolecular Hbond substituents is 2. The first-order valence-electron chi connectivity index (χ1n) is 7.38. The molecule has 0 aromatic heterocycles. The van der Waals surface area contributed by atoms with Crippen molar-refractivity contribution in [3.63, 3.8) is 0 Å². The Hall–Kier alpha value is -1.96. The topological polar surface area (TPSA) is 40.5 Å². The van der Waals surface area contributed by atoms with Crippen LogP contribution in [0.5, 0.6) is 11.5 Å². The van der Waals surface area contributed by atoms with E-state index in [2.05, 4.69) is 26.8 Å². The lowest BCUT2D eigenvalue weighted by Crippen LogP contribution is -2.23. The van der Waals surface area contributed by atoms with Gasteiger partial charge in [-0.15, -0.1) is 0 Å². The SMILES string of the molecule is Cc1cc(O)c2c(c1)C(C)(C)CC2(C)c1cccc(O)c1. The van der Waals surface area contributed by atoms with Crippen molar-refractivity contribution in [1.82, 2.24) is 0 Å². The second kappa shape index (κ2) is 4.27. The van der Waals surface area contributed by atoms with Crippen LogP contribution in [0.25, 0.3) is 0 Å². The molecule has 1 atom stereocenters. The van der Waals surface area contributed by atoms with Crippen LogP contribution in [0, 0.1) is 6.92 Å². The molecule has 2 aromatic carbocycles. The normalized spacial score (nSPS) is 23.0. The van der Waals surface area contributed by atoms with E-state index in [4.69, 9.17) is 0 Å². The van der Waals surface area contributed by atoms with E-state index in [9.17, 15) is 10.2 Å². The minimum Gasteiger partial charge on any atom is -0.508 e. The van der Waals surface area contributed by atoms with Gasteiger partial charge in [-0.2, -0.15) is 0 Å². The molecule has 110 valence electrons. The molecule has 0 amide bonds. The van der Waals surface area contributed by atoms with E-state index in [1.807, 2.05) is 31.2 Å². The molecule has 0 aliphatic heterocycles. The van der Waals surface area contributed by atoms with Gasteiger partial charge in [0.05, 0.1) is 0 Å². The number of aromatic hydroxyl groups is 2. The van der Waals surface area contributed by atoms with Crippen molar-refractivity contribution < 1.29 is 10.2 Å². The molecule has 2 nitrogen and oxygen atoms in total. The molecular formula is C19H22O2. The van der Waals surface area contributed by atoms with Gasteiger partial charge in [0.1, 0.15) is 11.5 Å². The molecule has 0 radical (unpaired) electrons. The number of hydrogen-bond donors (Lipinski definition) is 2. The Kier molecular flexibility index (Phi) is 2.84. The summed E-state index contributed by atoms with van der Waals surface area (Å²) in [6, 6.07) is 11.4. The Morgan fingerprint density at radius 2 is 1.71 bits per heavy atom. The summed E-state index contributed by atoms with van der Waals surface area (Å²) in [5.74, 6) is 0.632. The lowest BCUT2D eigenvalue weighted by Gasteiger charge is -2.28. The molecular weight excluding hydrogens is 260 g/mol. The Balaban J connectivity index is 2.29. The molecule has 0 saturated carbocycles. The summed E-state index contributed by atoms with van der Waals surface area (Å²) in [7, 11) is 0.